The molecule has 2 aromatic rings. The number of fused-ring (bicyclic) bond motifs is 1. The third kappa shape index (κ3) is 3.51. The number of carbonyl (C=O) groups is 2. The summed E-state index contributed by atoms with van der Waals surface area (Å²) in [6, 6.07) is 16.5. The van der Waals surface area contributed by atoms with Crippen molar-refractivity contribution in [1.29, 1.82) is 0 Å². The van der Waals surface area contributed by atoms with Crippen LogP contribution in [0.2, 0.25) is 0 Å². The number of imide groups is 1. The van der Waals surface area contributed by atoms with Crippen LogP contribution in [0.4, 0.5) is 4.79 Å². The van der Waals surface area contributed by atoms with Crippen LogP contribution in [0, 0.1) is 0 Å². The Labute approximate surface area is 158 Å². The van der Waals surface area contributed by atoms with Crippen LogP contribution >= 0.6 is 11.8 Å². The second-order valence-corrected chi connectivity index (χ2v) is 8.64. The van der Waals surface area contributed by atoms with E-state index in [4.69, 9.17) is 4.74 Å². The Bertz CT molecular complexity index is 857. The van der Waals surface area contributed by atoms with Gasteiger partial charge in [0, 0.05) is 6.42 Å². The molecule has 1 N–H and O–H groups in total. The van der Waals surface area contributed by atoms with Crippen LogP contribution in [-0.4, -0.2) is 29.7 Å². The molecule has 2 aliphatic rings. The van der Waals surface area contributed by atoms with Crippen molar-refractivity contribution in [2.75, 3.05) is 0 Å². The minimum Gasteiger partial charge on any atom is -0.490 e. The highest BCUT2D eigenvalue weighted by molar-refractivity contribution is 8.17. The molecule has 1 saturated heterocycles. The molecule has 2 heterocycles. The van der Waals surface area contributed by atoms with Crippen molar-refractivity contribution in [1.82, 2.24) is 5.32 Å². The lowest BCUT2D eigenvalue weighted by Crippen LogP contribution is -2.39. The summed E-state index contributed by atoms with van der Waals surface area (Å²) in [5.74, 6) is 0.732. The van der Waals surface area contributed by atoms with Crippen LogP contribution < -0.4 is 10.1 Å². The Morgan fingerprint density at radius 2 is 1.96 bits per heavy atom. The number of nitrogens with one attached hydrogen (secondary N) is 1. The van der Waals surface area contributed by atoms with Crippen molar-refractivity contribution in [3.05, 3.63) is 65.2 Å². The minimum absolute atomic E-state index is 0.196. The summed E-state index contributed by atoms with van der Waals surface area (Å²) in [5, 5.41) is 2.12. The van der Waals surface area contributed by atoms with E-state index in [1.807, 2.05) is 26.0 Å². The van der Waals surface area contributed by atoms with Crippen LogP contribution in [0.1, 0.15) is 23.1 Å². The molecule has 0 bridgehead atoms. The second-order valence-electron chi connectivity index (χ2n) is 7.16. The number of benzene rings is 2. The first-order chi connectivity index (χ1) is 12.5. The Morgan fingerprint density at radius 3 is 2.69 bits per heavy atom. The summed E-state index contributed by atoms with van der Waals surface area (Å²) in [5.41, 5.74) is 3.54. The maximum Gasteiger partial charge on any atom is 0.285 e. The van der Waals surface area contributed by atoms with Gasteiger partial charge in [-0.3, -0.25) is 14.9 Å². The highest BCUT2D eigenvalue weighted by atomic mass is 32.2. The van der Waals surface area contributed by atoms with E-state index < -0.39 is 4.65 Å². The van der Waals surface area contributed by atoms with Gasteiger partial charge in [-0.1, -0.05) is 54.2 Å². The van der Waals surface area contributed by atoms with Gasteiger partial charge >= 0.3 is 0 Å². The molecule has 26 heavy (non-hydrogen) atoms. The zero-order valence-corrected chi connectivity index (χ0v) is 15.5. The van der Waals surface area contributed by atoms with Gasteiger partial charge in [0.25, 0.3) is 5.24 Å². The van der Waals surface area contributed by atoms with Crippen LogP contribution in [0.15, 0.2) is 48.5 Å². The molecule has 2 aromatic carbocycles. The smallest absolute Gasteiger partial charge is 0.285 e. The van der Waals surface area contributed by atoms with E-state index in [2.05, 4.69) is 35.6 Å². The fourth-order valence-electron chi connectivity index (χ4n) is 3.64. The van der Waals surface area contributed by atoms with E-state index in [0.717, 1.165) is 42.3 Å². The van der Waals surface area contributed by atoms with E-state index in [1.165, 1.54) is 11.1 Å². The maximum absolute atomic E-state index is 12.0. The minimum atomic E-state index is -0.726. The number of ether oxygens (including phenoxy) is 1. The molecule has 4 rings (SSSR count). The molecule has 0 aromatic heterocycles. The predicted octanol–water partition coefficient (Wildman–Crippen LogP) is 2.48. The number of aryl methyl sites for hydroxylation is 1. The van der Waals surface area contributed by atoms with Crippen LogP contribution in [-0.2, 0) is 24.1 Å². The van der Waals surface area contributed by atoms with Crippen LogP contribution in [0.3, 0.4) is 0 Å². The van der Waals surface area contributed by atoms with Crippen LogP contribution in [0.5, 0.6) is 5.75 Å². The summed E-state index contributed by atoms with van der Waals surface area (Å²) < 4.78 is 5.46. The number of amides is 2. The van der Waals surface area contributed by atoms with Crippen molar-refractivity contribution in [2.24, 2.45) is 0 Å². The molecule has 2 atom stereocenters. The molecule has 2 aliphatic heterocycles. The third-order valence-electron chi connectivity index (χ3n) is 5.02. The van der Waals surface area contributed by atoms with Gasteiger partial charge in [-0.25, -0.2) is 0 Å². The monoisotopic (exact) mass is 365 g/mol. The highest BCUT2D eigenvalue weighted by Crippen LogP contribution is 2.35. The van der Waals surface area contributed by atoms with E-state index in [1.54, 1.807) is 0 Å². The lowest BCUT2D eigenvalue weighted by atomic mass is 9.79. The number of hydrogen-bond donors (Lipinski definition) is 1. The molecule has 0 saturated carbocycles. The lowest BCUT2D eigenvalue weighted by Gasteiger charge is -2.27. The Morgan fingerprint density at radius 1 is 1.15 bits per heavy atom. The average Bonchev–Trinajstić information content (AvgIpc) is 2.87. The largest absolute Gasteiger partial charge is 0.490 e. The average molecular weight is 365 g/mol. The van der Waals surface area contributed by atoms with Crippen molar-refractivity contribution < 1.29 is 14.3 Å². The van der Waals surface area contributed by atoms with Gasteiger partial charge in [0.15, 0.2) is 0 Å². The van der Waals surface area contributed by atoms with Gasteiger partial charge < -0.3 is 4.74 Å². The second kappa shape index (κ2) is 6.84. The summed E-state index contributed by atoms with van der Waals surface area (Å²) in [6.45, 7) is 0. The first-order valence-corrected chi connectivity index (χ1v) is 9.70. The number of carbonyl (C=O) groups excluding carboxylic acids is 2. The molecule has 132 valence electrons. The Kier molecular flexibility index (Phi) is 4.53. The fourth-order valence-corrected chi connectivity index (χ4v) is 4.57. The first-order valence-electron chi connectivity index (χ1n) is 8.89. The van der Waals surface area contributed by atoms with E-state index in [-0.39, 0.29) is 17.3 Å². The fraction of sp³-hybridized carbons (Fsp3) is 0.300. The molecule has 0 radical (unpaired) electrons. The van der Waals surface area contributed by atoms with Gasteiger partial charge in [-0.05, 0) is 42.0 Å². The SMILES string of the molecule is B[C@@]1(Cc2ccc3c(c2)CC[C@H](Cc2ccccc2)O3)SC(=O)NC1=O. The zero-order valence-electron chi connectivity index (χ0n) is 14.7. The lowest BCUT2D eigenvalue weighted by molar-refractivity contribution is -0.119. The van der Waals surface area contributed by atoms with E-state index in [9.17, 15) is 9.59 Å². The molecule has 6 heteroatoms. The zero-order chi connectivity index (χ0) is 18.1. The van der Waals surface area contributed by atoms with E-state index >= 15 is 0 Å². The van der Waals surface area contributed by atoms with Gasteiger partial charge in [-0.15, -0.1) is 0 Å². The van der Waals surface area contributed by atoms with Gasteiger partial charge in [0.2, 0.25) is 5.91 Å². The summed E-state index contributed by atoms with van der Waals surface area (Å²) in [7, 11) is 1.82. The topological polar surface area (TPSA) is 55.4 Å². The molecular formula is C20H20BNO3S. The summed E-state index contributed by atoms with van der Waals surface area (Å²) >= 11 is 1.08. The van der Waals surface area contributed by atoms with E-state index in [0.29, 0.717) is 6.42 Å². The molecule has 0 unspecified atom stereocenters. The normalized spacial score (nSPS) is 24.7. The summed E-state index contributed by atoms with van der Waals surface area (Å²) in [4.78, 5) is 23.5. The molecule has 0 spiro atoms. The van der Waals surface area contributed by atoms with Crippen molar-refractivity contribution in [2.45, 2.75) is 36.4 Å². The summed E-state index contributed by atoms with van der Waals surface area (Å²) in [6.07, 6.45) is 3.60. The van der Waals surface area contributed by atoms with Gasteiger partial charge in [0.1, 0.15) is 19.7 Å². The van der Waals surface area contributed by atoms with Crippen molar-refractivity contribution >= 4 is 30.8 Å². The molecular weight excluding hydrogens is 345 g/mol. The Balaban J connectivity index is 1.46. The third-order valence-corrected chi connectivity index (χ3v) is 6.08. The molecule has 2 amide bonds. The predicted molar refractivity (Wildman–Crippen MR) is 105 cm³/mol. The maximum atomic E-state index is 12.0. The number of hydrogen-bond acceptors (Lipinski definition) is 4. The standard InChI is InChI=1S/C20H20BNO3S/c21-20(18(23)22-19(24)26-20)12-14-6-9-17-15(10-14)7-8-16(25-17)11-13-4-2-1-3-5-13/h1-6,9-10,16H,7-8,11-12,21H2,(H,22,23,24)/t16-,20+/m1/s1. The Hall–Kier alpha value is -2.21. The molecule has 0 aliphatic carbocycles. The number of rotatable bonds is 4. The molecule has 1 fully saturated rings. The van der Waals surface area contributed by atoms with Crippen molar-refractivity contribution in [3.63, 3.8) is 0 Å². The van der Waals surface area contributed by atoms with Gasteiger partial charge in [0.05, 0.1) is 4.65 Å². The molecule has 4 nitrogen and oxygen atoms in total. The van der Waals surface area contributed by atoms with Crippen molar-refractivity contribution in [3.8, 4) is 5.75 Å². The van der Waals surface area contributed by atoms with Crippen LogP contribution in [0.25, 0.3) is 0 Å². The number of thioether (sulfide) groups is 1. The highest BCUT2D eigenvalue weighted by Gasteiger charge is 2.43. The van der Waals surface area contributed by atoms with Gasteiger partial charge in [-0.2, -0.15) is 0 Å². The first kappa shape index (κ1) is 17.2. The quantitative estimate of drug-likeness (QED) is 0.846.